The van der Waals surface area contributed by atoms with E-state index in [1.807, 2.05) is 93.6 Å². The minimum atomic E-state index is 0. The second-order valence-corrected chi connectivity index (χ2v) is 8.40. The molecule has 0 saturated carbocycles. The van der Waals surface area contributed by atoms with Crippen LogP contribution in [0.3, 0.4) is 0 Å². The van der Waals surface area contributed by atoms with Gasteiger partial charge in [0, 0.05) is 53.0 Å². The van der Waals surface area contributed by atoms with Crippen molar-refractivity contribution < 1.29 is 15.3 Å². The van der Waals surface area contributed by atoms with Crippen LogP contribution in [0.2, 0.25) is 0 Å². The van der Waals surface area contributed by atoms with Gasteiger partial charge in [0.1, 0.15) is 33.8 Å². The van der Waals surface area contributed by atoms with Gasteiger partial charge in [0.15, 0.2) is 0 Å². The van der Waals surface area contributed by atoms with Gasteiger partial charge in [-0.3, -0.25) is 0 Å². The summed E-state index contributed by atoms with van der Waals surface area (Å²) in [5.74, 6) is 0.739. The van der Waals surface area contributed by atoms with Gasteiger partial charge in [-0.25, -0.2) is 15.0 Å². The molecule has 0 spiro atoms. The molecule has 0 atom stereocenters. The third-order valence-electron chi connectivity index (χ3n) is 5.51. The van der Waals surface area contributed by atoms with Gasteiger partial charge in [0.05, 0.1) is 0 Å². The number of nitrogens with zero attached hydrogens (tertiary/aromatic N) is 3. The molecule has 0 fully saturated rings. The maximum atomic E-state index is 9.43. The molecule has 0 aliphatic carbocycles. The maximum Gasteiger partial charge on any atom is 0.141 e. The molecule has 6 nitrogen and oxygen atoms in total. The van der Waals surface area contributed by atoms with E-state index in [1.165, 1.54) is 0 Å². The van der Waals surface area contributed by atoms with E-state index in [0.717, 1.165) is 33.2 Å². The van der Waals surface area contributed by atoms with Crippen molar-refractivity contribution >= 4 is 52.5 Å². The van der Waals surface area contributed by atoms with Crippen LogP contribution in [-0.4, -0.2) is 50.1 Å². The van der Waals surface area contributed by atoms with E-state index >= 15 is 0 Å². The van der Waals surface area contributed by atoms with Crippen LogP contribution in [0, 0.1) is 20.8 Å². The average molecular weight is 547 g/mol. The van der Waals surface area contributed by atoms with Gasteiger partial charge < -0.3 is 15.3 Å². The summed E-state index contributed by atoms with van der Waals surface area (Å²) >= 11 is 0. The fourth-order valence-electron chi connectivity index (χ4n) is 3.69. The first-order valence-corrected chi connectivity index (χ1v) is 11.5. The summed E-state index contributed by atoms with van der Waals surface area (Å²) in [6.45, 7) is 5.73. The number of phenolic OH excluding ortho intramolecular Hbond substituents is 3. The van der Waals surface area contributed by atoms with Crippen LogP contribution in [0.4, 0.5) is 0 Å². The van der Waals surface area contributed by atoms with Crippen molar-refractivity contribution in [1.82, 2.24) is 15.0 Å². The molecule has 0 aliphatic heterocycles. The van der Waals surface area contributed by atoms with E-state index in [-0.39, 0.29) is 37.0 Å². The minimum absolute atomic E-state index is 0. The van der Waals surface area contributed by atoms with Gasteiger partial charge in [0.25, 0.3) is 0 Å². The number of aromatic nitrogens is 3. The first-order chi connectivity index (χ1) is 17.3. The molecule has 7 heteroatoms. The molecule has 0 aliphatic rings. The number of para-hydroxylation sites is 3. The van der Waals surface area contributed by atoms with Crippen molar-refractivity contribution in [3.05, 3.63) is 108 Å². The third-order valence-corrected chi connectivity index (χ3v) is 5.51. The summed E-state index contributed by atoms with van der Waals surface area (Å²) in [6.07, 6.45) is 0. The fraction of sp³-hybridized carbons (Fsp3) is 0.100. The molecule has 3 aromatic carbocycles. The molecule has 0 unspecified atom stereocenters. The number of phenols is 3. The zero-order chi connectivity index (χ0) is 25.7. The number of fused-ring (bicyclic) bond motifs is 3. The monoisotopic (exact) mass is 546 g/mol. The third kappa shape index (κ3) is 6.78. The molecule has 6 aromatic rings. The Bertz CT molecular complexity index is 1470. The van der Waals surface area contributed by atoms with Crippen LogP contribution in [0.5, 0.6) is 17.2 Å². The van der Waals surface area contributed by atoms with Crippen LogP contribution in [0.25, 0.3) is 32.7 Å². The number of aryl methyl sites for hydroxylation is 3. The Kier molecular flexibility index (Phi) is 9.11. The van der Waals surface area contributed by atoms with Gasteiger partial charge in [-0.15, -0.1) is 0 Å². The zero-order valence-corrected chi connectivity index (χ0v) is 23.3. The van der Waals surface area contributed by atoms with E-state index in [1.54, 1.807) is 18.2 Å². The summed E-state index contributed by atoms with van der Waals surface area (Å²) in [5.41, 5.74) is 4.80. The first-order valence-electron chi connectivity index (χ1n) is 11.5. The fourth-order valence-corrected chi connectivity index (χ4v) is 3.69. The topological polar surface area (TPSA) is 99.4 Å². The number of benzene rings is 3. The largest absolute Gasteiger partial charge is 0.506 e. The van der Waals surface area contributed by atoms with Crippen molar-refractivity contribution in [1.29, 1.82) is 0 Å². The molecule has 3 aromatic heterocycles. The summed E-state index contributed by atoms with van der Waals surface area (Å²) in [4.78, 5) is 12.7. The van der Waals surface area contributed by atoms with Crippen molar-refractivity contribution in [2.75, 3.05) is 0 Å². The smallest absolute Gasteiger partial charge is 0.141 e. The molecule has 0 amide bonds. The van der Waals surface area contributed by atoms with Gasteiger partial charge in [0.2, 0.25) is 0 Å². The van der Waals surface area contributed by atoms with Crippen LogP contribution in [-0.2, 0) is 0 Å². The molecule has 6 rings (SSSR count). The molecule has 183 valence electrons. The van der Waals surface area contributed by atoms with Crippen LogP contribution < -0.4 is 0 Å². The molecular formula is C30H27GaN3O3. The standard InChI is InChI=1S/3C10H9NO.Ga/c3*1-7-5-6-8-3-2-4-9(12)10(8)11-7;/h3*2-6,12H,1H3;. The quantitative estimate of drug-likeness (QED) is 0.191. The zero-order valence-electron chi connectivity index (χ0n) is 20.9. The summed E-state index contributed by atoms with van der Waals surface area (Å²) in [7, 11) is 0. The molecule has 0 bridgehead atoms. The predicted molar refractivity (Wildman–Crippen MR) is 150 cm³/mol. The number of rotatable bonds is 0. The van der Waals surface area contributed by atoms with Gasteiger partial charge in [-0.1, -0.05) is 54.6 Å². The number of hydrogen-bond acceptors (Lipinski definition) is 6. The second-order valence-electron chi connectivity index (χ2n) is 8.40. The molecule has 37 heavy (non-hydrogen) atoms. The van der Waals surface area contributed by atoms with E-state index in [0.29, 0.717) is 16.6 Å². The normalized spacial score (nSPS) is 10.1. The Hall–Kier alpha value is -4.07. The Labute approximate surface area is 228 Å². The first kappa shape index (κ1) is 27.5. The summed E-state index contributed by atoms with van der Waals surface area (Å²) in [5, 5.41) is 31.2. The Morgan fingerprint density at radius 1 is 0.405 bits per heavy atom. The minimum Gasteiger partial charge on any atom is -0.506 e. The van der Waals surface area contributed by atoms with Crippen molar-refractivity contribution in [2.24, 2.45) is 0 Å². The van der Waals surface area contributed by atoms with E-state index in [2.05, 4.69) is 15.0 Å². The molecule has 0 saturated heterocycles. The average Bonchev–Trinajstić information content (AvgIpc) is 2.87. The van der Waals surface area contributed by atoms with E-state index in [9.17, 15) is 15.3 Å². The van der Waals surface area contributed by atoms with E-state index in [4.69, 9.17) is 0 Å². The number of hydrogen-bond donors (Lipinski definition) is 3. The summed E-state index contributed by atoms with van der Waals surface area (Å²) in [6, 6.07) is 27.8. The molecule has 3 N–H and O–H groups in total. The number of aromatic hydroxyl groups is 3. The number of pyridine rings is 3. The van der Waals surface area contributed by atoms with Gasteiger partial charge in [-0.2, -0.15) is 0 Å². The van der Waals surface area contributed by atoms with Crippen molar-refractivity contribution in [2.45, 2.75) is 20.8 Å². The SMILES string of the molecule is Cc1ccc2cccc(O)c2n1.Cc1ccc2cccc(O)c2n1.Cc1ccc2cccc(O)c2n1.[Ga]. The van der Waals surface area contributed by atoms with Gasteiger partial charge >= 0.3 is 0 Å². The summed E-state index contributed by atoms with van der Waals surface area (Å²) < 4.78 is 0. The van der Waals surface area contributed by atoms with Crippen molar-refractivity contribution in [3.8, 4) is 17.2 Å². The Morgan fingerprint density at radius 3 is 0.946 bits per heavy atom. The second kappa shape index (κ2) is 12.3. The van der Waals surface area contributed by atoms with Crippen LogP contribution in [0.15, 0.2) is 91.0 Å². The molecule has 3 heterocycles. The van der Waals surface area contributed by atoms with E-state index < -0.39 is 0 Å². The van der Waals surface area contributed by atoms with Crippen LogP contribution >= 0.6 is 0 Å². The molecular weight excluding hydrogens is 520 g/mol. The predicted octanol–water partition coefficient (Wildman–Crippen LogP) is 6.37. The Morgan fingerprint density at radius 2 is 0.676 bits per heavy atom. The maximum absolute atomic E-state index is 9.43. The van der Waals surface area contributed by atoms with Crippen molar-refractivity contribution in [3.63, 3.8) is 0 Å². The van der Waals surface area contributed by atoms with Gasteiger partial charge in [-0.05, 0) is 57.2 Å². The Balaban J connectivity index is 0.000000152. The molecule has 3 radical (unpaired) electrons. The van der Waals surface area contributed by atoms with Crippen LogP contribution in [0.1, 0.15) is 17.1 Å².